The number of rotatable bonds is 3. The van der Waals surface area contributed by atoms with Gasteiger partial charge in [-0.1, -0.05) is 0 Å². The number of non-ortho nitro benzene ring substituents is 1. The zero-order valence-corrected chi connectivity index (χ0v) is 11.8. The zero-order chi connectivity index (χ0) is 15.2. The van der Waals surface area contributed by atoms with Gasteiger partial charge in [0.2, 0.25) is 10.0 Å². The Balaban J connectivity index is 1.95. The first-order chi connectivity index (χ1) is 9.89. The summed E-state index contributed by atoms with van der Waals surface area (Å²) < 4.78 is 40.1. The van der Waals surface area contributed by atoms with E-state index < -0.39 is 31.3 Å². The average Bonchev–Trinajstić information content (AvgIpc) is 2.99. The Morgan fingerprint density at radius 1 is 1.29 bits per heavy atom. The van der Waals surface area contributed by atoms with Gasteiger partial charge in [-0.3, -0.25) is 10.1 Å². The van der Waals surface area contributed by atoms with E-state index in [1.807, 2.05) is 0 Å². The van der Waals surface area contributed by atoms with Gasteiger partial charge in [0.25, 0.3) is 5.69 Å². The molecule has 3 rings (SSSR count). The Kier molecular flexibility index (Phi) is 3.42. The first-order valence-electron chi connectivity index (χ1n) is 6.54. The van der Waals surface area contributed by atoms with Crippen molar-refractivity contribution in [2.45, 2.75) is 4.90 Å². The summed E-state index contributed by atoms with van der Waals surface area (Å²) in [6, 6.07) is 2.57. The SMILES string of the molecule is O=[N+]([O-])c1ccc(F)c(S(=O)(=O)N2CC3CNCC3C2)c1. The van der Waals surface area contributed by atoms with Gasteiger partial charge in [-0.25, -0.2) is 12.8 Å². The number of halogens is 1. The van der Waals surface area contributed by atoms with Gasteiger partial charge in [0.15, 0.2) is 0 Å². The third-order valence-corrected chi connectivity index (χ3v) is 5.95. The second-order valence-electron chi connectivity index (χ2n) is 5.37. The second-order valence-corrected chi connectivity index (χ2v) is 7.28. The fourth-order valence-corrected chi connectivity index (χ4v) is 4.59. The lowest BCUT2D eigenvalue weighted by Gasteiger charge is -2.17. The van der Waals surface area contributed by atoms with Crippen LogP contribution in [0.3, 0.4) is 0 Å². The van der Waals surface area contributed by atoms with Crippen molar-refractivity contribution in [3.63, 3.8) is 0 Å². The summed E-state index contributed by atoms with van der Waals surface area (Å²) in [5.41, 5.74) is -0.434. The lowest BCUT2D eigenvalue weighted by Crippen LogP contribution is -2.32. The molecule has 9 heteroatoms. The van der Waals surface area contributed by atoms with E-state index in [2.05, 4.69) is 5.32 Å². The van der Waals surface area contributed by atoms with Crippen molar-refractivity contribution >= 4 is 15.7 Å². The molecule has 2 heterocycles. The van der Waals surface area contributed by atoms with Crippen LogP contribution in [0.4, 0.5) is 10.1 Å². The molecule has 114 valence electrons. The highest BCUT2D eigenvalue weighted by atomic mass is 32.2. The van der Waals surface area contributed by atoms with Crippen molar-refractivity contribution in [3.05, 3.63) is 34.1 Å². The second kappa shape index (κ2) is 5.00. The molecule has 2 saturated heterocycles. The normalized spacial score (nSPS) is 26.0. The van der Waals surface area contributed by atoms with E-state index in [-0.39, 0.29) is 11.8 Å². The molecule has 2 aliphatic rings. The van der Waals surface area contributed by atoms with Crippen molar-refractivity contribution in [2.75, 3.05) is 26.2 Å². The summed E-state index contributed by atoms with van der Waals surface area (Å²) in [5, 5.41) is 13.9. The van der Waals surface area contributed by atoms with Crippen molar-refractivity contribution in [1.82, 2.24) is 9.62 Å². The summed E-state index contributed by atoms with van der Waals surface area (Å²) in [4.78, 5) is 9.38. The van der Waals surface area contributed by atoms with Crippen molar-refractivity contribution < 1.29 is 17.7 Å². The molecular weight excluding hydrogens is 301 g/mol. The number of nitrogens with zero attached hydrogens (tertiary/aromatic N) is 2. The van der Waals surface area contributed by atoms with Crippen LogP contribution < -0.4 is 5.32 Å². The van der Waals surface area contributed by atoms with Crippen LogP contribution in [-0.4, -0.2) is 43.8 Å². The number of fused-ring (bicyclic) bond motifs is 1. The lowest BCUT2D eigenvalue weighted by molar-refractivity contribution is -0.385. The number of nitrogens with one attached hydrogen (secondary N) is 1. The van der Waals surface area contributed by atoms with Gasteiger partial charge in [0.05, 0.1) is 4.92 Å². The van der Waals surface area contributed by atoms with Crippen LogP contribution in [0.2, 0.25) is 0 Å². The van der Waals surface area contributed by atoms with Gasteiger partial charge in [0, 0.05) is 25.2 Å². The Morgan fingerprint density at radius 2 is 1.90 bits per heavy atom. The summed E-state index contributed by atoms with van der Waals surface area (Å²) in [7, 11) is -4.04. The quantitative estimate of drug-likeness (QED) is 0.650. The smallest absolute Gasteiger partial charge is 0.270 e. The molecule has 7 nitrogen and oxygen atoms in total. The molecule has 0 bridgehead atoms. The number of hydrogen-bond donors (Lipinski definition) is 1. The van der Waals surface area contributed by atoms with Gasteiger partial charge in [0.1, 0.15) is 10.7 Å². The summed E-state index contributed by atoms with van der Waals surface area (Å²) in [6.45, 7) is 2.13. The van der Waals surface area contributed by atoms with Crippen LogP contribution in [-0.2, 0) is 10.0 Å². The summed E-state index contributed by atoms with van der Waals surface area (Å²) >= 11 is 0. The first kappa shape index (κ1) is 14.4. The van der Waals surface area contributed by atoms with Crippen molar-refractivity contribution in [3.8, 4) is 0 Å². The molecule has 0 saturated carbocycles. The molecule has 21 heavy (non-hydrogen) atoms. The van der Waals surface area contributed by atoms with Crippen molar-refractivity contribution in [1.29, 1.82) is 0 Å². The maximum Gasteiger partial charge on any atom is 0.270 e. The van der Waals surface area contributed by atoms with Gasteiger partial charge in [-0.05, 0) is 31.0 Å². The van der Waals surface area contributed by atoms with E-state index in [0.29, 0.717) is 13.1 Å². The van der Waals surface area contributed by atoms with Crippen LogP contribution >= 0.6 is 0 Å². The molecule has 2 atom stereocenters. The molecule has 0 amide bonds. The minimum atomic E-state index is -4.04. The molecular formula is C12H14FN3O4S. The highest BCUT2D eigenvalue weighted by molar-refractivity contribution is 7.89. The maximum absolute atomic E-state index is 13.8. The van der Waals surface area contributed by atoms with Crippen LogP contribution in [0.25, 0.3) is 0 Å². The molecule has 0 aromatic heterocycles. The van der Waals surface area contributed by atoms with Crippen LogP contribution in [0.1, 0.15) is 0 Å². The number of nitro benzene ring substituents is 1. The molecule has 1 aromatic carbocycles. The van der Waals surface area contributed by atoms with E-state index in [1.165, 1.54) is 4.31 Å². The van der Waals surface area contributed by atoms with Gasteiger partial charge >= 0.3 is 0 Å². The number of hydrogen-bond acceptors (Lipinski definition) is 5. The molecule has 1 N–H and O–H groups in total. The average molecular weight is 315 g/mol. The van der Waals surface area contributed by atoms with E-state index in [1.54, 1.807) is 0 Å². The Labute approximate surface area is 120 Å². The summed E-state index contributed by atoms with van der Waals surface area (Å²) in [6.07, 6.45) is 0. The van der Waals surface area contributed by atoms with E-state index in [0.717, 1.165) is 31.3 Å². The fraction of sp³-hybridized carbons (Fsp3) is 0.500. The molecule has 0 spiro atoms. The minimum Gasteiger partial charge on any atom is -0.316 e. The fourth-order valence-electron chi connectivity index (χ4n) is 2.95. The maximum atomic E-state index is 13.8. The number of sulfonamides is 1. The monoisotopic (exact) mass is 315 g/mol. The van der Waals surface area contributed by atoms with E-state index in [4.69, 9.17) is 0 Å². The molecule has 2 fully saturated rings. The molecule has 2 unspecified atom stereocenters. The van der Waals surface area contributed by atoms with E-state index >= 15 is 0 Å². The van der Waals surface area contributed by atoms with Crippen LogP contribution in [0, 0.1) is 27.8 Å². The van der Waals surface area contributed by atoms with Gasteiger partial charge in [-0.2, -0.15) is 4.31 Å². The third-order valence-electron chi connectivity index (χ3n) is 4.10. The highest BCUT2D eigenvalue weighted by Gasteiger charge is 2.42. The molecule has 2 aliphatic heterocycles. The van der Waals surface area contributed by atoms with Gasteiger partial charge in [-0.15, -0.1) is 0 Å². The summed E-state index contributed by atoms with van der Waals surface area (Å²) in [5.74, 6) is -0.515. The Hall–Kier alpha value is -1.58. The van der Waals surface area contributed by atoms with Crippen molar-refractivity contribution in [2.24, 2.45) is 11.8 Å². The zero-order valence-electron chi connectivity index (χ0n) is 11.0. The topological polar surface area (TPSA) is 92.5 Å². The van der Waals surface area contributed by atoms with E-state index in [9.17, 15) is 22.9 Å². The minimum absolute atomic E-state index is 0.224. The molecule has 0 radical (unpaired) electrons. The third kappa shape index (κ3) is 2.41. The predicted octanol–water partition coefficient (Wildman–Crippen LogP) is 0.574. The standard InChI is InChI=1S/C12H14FN3O4S/c13-11-2-1-10(16(17)18)3-12(11)21(19,20)15-6-8-4-14-5-9(8)7-15/h1-3,8-9,14H,4-7H2. The van der Waals surface area contributed by atoms with Crippen LogP contribution in [0.5, 0.6) is 0 Å². The molecule has 0 aliphatic carbocycles. The lowest BCUT2D eigenvalue weighted by atomic mass is 10.0. The first-order valence-corrected chi connectivity index (χ1v) is 7.98. The predicted molar refractivity (Wildman–Crippen MR) is 71.7 cm³/mol. The van der Waals surface area contributed by atoms with Gasteiger partial charge < -0.3 is 5.32 Å². The molecule has 1 aromatic rings. The van der Waals surface area contributed by atoms with Crippen LogP contribution in [0.15, 0.2) is 23.1 Å². The Bertz CT molecular complexity index is 682. The number of nitro groups is 1. The largest absolute Gasteiger partial charge is 0.316 e. The Morgan fingerprint density at radius 3 is 2.48 bits per heavy atom. The highest BCUT2D eigenvalue weighted by Crippen LogP contribution is 2.32. The number of benzene rings is 1.